The van der Waals surface area contributed by atoms with Gasteiger partial charge in [0.1, 0.15) is 9.84 Å². The molecular weight excluding hydrogens is 238 g/mol. The van der Waals surface area contributed by atoms with Gasteiger partial charge in [0.15, 0.2) is 0 Å². The van der Waals surface area contributed by atoms with Crippen molar-refractivity contribution in [3.05, 3.63) is 23.8 Å². The quantitative estimate of drug-likeness (QED) is 0.849. The van der Waals surface area contributed by atoms with Crippen LogP contribution in [0.1, 0.15) is 24.2 Å². The van der Waals surface area contributed by atoms with Crippen molar-refractivity contribution in [2.24, 2.45) is 0 Å². The van der Waals surface area contributed by atoms with Crippen LogP contribution in [-0.2, 0) is 16.4 Å². The number of aromatic nitrogens is 2. The van der Waals surface area contributed by atoms with Gasteiger partial charge in [0.2, 0.25) is 0 Å². The molecule has 0 atom stereocenters. The molecule has 17 heavy (non-hydrogen) atoms. The van der Waals surface area contributed by atoms with Gasteiger partial charge in [-0.2, -0.15) is 0 Å². The molecule has 1 aromatic heterocycles. The number of sulfone groups is 1. The largest absolute Gasteiger partial charge is 0.308 e. The Morgan fingerprint density at radius 1 is 1.29 bits per heavy atom. The summed E-state index contributed by atoms with van der Waals surface area (Å²) in [4.78, 5) is 8.42. The highest BCUT2D eigenvalue weighted by Crippen LogP contribution is 2.12. The molecule has 1 fully saturated rings. The van der Waals surface area contributed by atoms with Crippen LogP contribution in [0, 0.1) is 6.92 Å². The van der Waals surface area contributed by atoms with Crippen LogP contribution in [0.5, 0.6) is 0 Å². The van der Waals surface area contributed by atoms with Gasteiger partial charge in [0, 0.05) is 25.0 Å². The third-order valence-electron chi connectivity index (χ3n) is 2.96. The van der Waals surface area contributed by atoms with Crippen LogP contribution in [0.25, 0.3) is 0 Å². The number of nitrogens with one attached hydrogen (secondary N) is 1. The Morgan fingerprint density at radius 2 is 2.00 bits per heavy atom. The van der Waals surface area contributed by atoms with Gasteiger partial charge < -0.3 is 5.32 Å². The van der Waals surface area contributed by atoms with Crippen LogP contribution < -0.4 is 5.32 Å². The van der Waals surface area contributed by atoms with Crippen molar-refractivity contribution < 1.29 is 8.42 Å². The standard InChI is InChI=1S/C11H17N3O2S/c1-9-6-13-11(7-12-9)8-14-10-2-4-17(15,16)5-3-10/h6-7,10,14H,2-5,8H2,1H3. The lowest BCUT2D eigenvalue weighted by atomic mass is 10.1. The summed E-state index contributed by atoms with van der Waals surface area (Å²) in [6.45, 7) is 2.55. The molecule has 1 N–H and O–H groups in total. The summed E-state index contributed by atoms with van der Waals surface area (Å²) in [5.41, 5.74) is 1.79. The minimum absolute atomic E-state index is 0.279. The Bertz CT molecular complexity index is 456. The van der Waals surface area contributed by atoms with E-state index < -0.39 is 9.84 Å². The van der Waals surface area contributed by atoms with Crippen LogP contribution in [-0.4, -0.2) is 35.9 Å². The van der Waals surface area contributed by atoms with E-state index >= 15 is 0 Å². The number of rotatable bonds is 3. The van der Waals surface area contributed by atoms with Gasteiger partial charge in [-0.1, -0.05) is 0 Å². The van der Waals surface area contributed by atoms with E-state index in [0.29, 0.717) is 30.9 Å². The summed E-state index contributed by atoms with van der Waals surface area (Å²) in [5, 5.41) is 3.33. The maximum atomic E-state index is 11.3. The lowest BCUT2D eigenvalue weighted by Crippen LogP contribution is -2.37. The Morgan fingerprint density at radius 3 is 2.59 bits per heavy atom. The lowest BCUT2D eigenvalue weighted by molar-refractivity contribution is 0.460. The lowest BCUT2D eigenvalue weighted by Gasteiger charge is -2.22. The molecule has 0 saturated carbocycles. The van der Waals surface area contributed by atoms with Gasteiger partial charge in [-0.15, -0.1) is 0 Å². The fourth-order valence-corrected chi connectivity index (χ4v) is 3.35. The van der Waals surface area contributed by atoms with Gasteiger partial charge in [-0.3, -0.25) is 9.97 Å². The normalized spacial score (nSPS) is 20.3. The average Bonchev–Trinajstić information content (AvgIpc) is 2.30. The van der Waals surface area contributed by atoms with Gasteiger partial charge in [-0.25, -0.2) is 8.42 Å². The molecule has 1 aliphatic heterocycles. The highest BCUT2D eigenvalue weighted by atomic mass is 32.2. The molecule has 94 valence electrons. The SMILES string of the molecule is Cc1cnc(CNC2CCS(=O)(=O)CC2)cn1. The summed E-state index contributed by atoms with van der Waals surface area (Å²) in [7, 11) is -2.77. The van der Waals surface area contributed by atoms with E-state index in [1.54, 1.807) is 12.4 Å². The third-order valence-corrected chi connectivity index (χ3v) is 4.68. The predicted molar refractivity (Wildman–Crippen MR) is 65.3 cm³/mol. The molecule has 6 heteroatoms. The zero-order valence-electron chi connectivity index (χ0n) is 9.89. The van der Waals surface area contributed by atoms with E-state index in [4.69, 9.17) is 0 Å². The van der Waals surface area contributed by atoms with Crippen molar-refractivity contribution >= 4 is 9.84 Å². The average molecular weight is 255 g/mol. The maximum absolute atomic E-state index is 11.3. The fraction of sp³-hybridized carbons (Fsp3) is 0.636. The van der Waals surface area contributed by atoms with Gasteiger partial charge in [-0.05, 0) is 19.8 Å². The first-order valence-corrected chi connectivity index (χ1v) is 7.59. The molecule has 0 amide bonds. The van der Waals surface area contributed by atoms with Crippen molar-refractivity contribution in [3.63, 3.8) is 0 Å². The molecule has 1 aliphatic rings. The topological polar surface area (TPSA) is 72.0 Å². The third kappa shape index (κ3) is 3.74. The van der Waals surface area contributed by atoms with Crippen LogP contribution in [0.2, 0.25) is 0 Å². The van der Waals surface area contributed by atoms with E-state index in [2.05, 4.69) is 15.3 Å². The van der Waals surface area contributed by atoms with Crippen LogP contribution in [0.15, 0.2) is 12.4 Å². The number of nitrogens with zero attached hydrogens (tertiary/aromatic N) is 2. The molecule has 0 aromatic carbocycles. The fourth-order valence-electron chi connectivity index (χ4n) is 1.85. The maximum Gasteiger partial charge on any atom is 0.150 e. The molecule has 5 nitrogen and oxygen atoms in total. The number of aryl methyl sites for hydroxylation is 1. The minimum atomic E-state index is -2.77. The van der Waals surface area contributed by atoms with E-state index in [9.17, 15) is 8.42 Å². The van der Waals surface area contributed by atoms with Crippen molar-refractivity contribution in [2.75, 3.05) is 11.5 Å². The molecule has 0 bridgehead atoms. The van der Waals surface area contributed by atoms with Crippen molar-refractivity contribution in [3.8, 4) is 0 Å². The summed E-state index contributed by atoms with van der Waals surface area (Å²) >= 11 is 0. The first kappa shape index (κ1) is 12.4. The molecule has 2 rings (SSSR count). The van der Waals surface area contributed by atoms with Crippen LogP contribution in [0.3, 0.4) is 0 Å². The molecular formula is C11H17N3O2S. The molecule has 1 saturated heterocycles. The molecule has 1 aromatic rings. The van der Waals surface area contributed by atoms with Crippen LogP contribution in [0.4, 0.5) is 0 Å². The zero-order chi connectivity index (χ0) is 12.3. The van der Waals surface area contributed by atoms with E-state index in [0.717, 1.165) is 11.4 Å². The Labute approximate surface area is 102 Å². The van der Waals surface area contributed by atoms with Crippen molar-refractivity contribution in [2.45, 2.75) is 32.4 Å². The Kier molecular flexibility index (Phi) is 3.73. The zero-order valence-corrected chi connectivity index (χ0v) is 10.7. The molecule has 0 unspecified atom stereocenters. The second-order valence-electron chi connectivity index (χ2n) is 4.46. The predicted octanol–water partition coefficient (Wildman–Crippen LogP) is 0.452. The summed E-state index contributed by atoms with van der Waals surface area (Å²) < 4.78 is 22.5. The van der Waals surface area contributed by atoms with Crippen molar-refractivity contribution in [1.82, 2.24) is 15.3 Å². The van der Waals surface area contributed by atoms with Crippen LogP contribution >= 0.6 is 0 Å². The van der Waals surface area contributed by atoms with E-state index in [-0.39, 0.29) is 6.04 Å². The Hall–Kier alpha value is -1.01. The number of hydrogen-bond donors (Lipinski definition) is 1. The second-order valence-corrected chi connectivity index (χ2v) is 6.76. The number of hydrogen-bond acceptors (Lipinski definition) is 5. The minimum Gasteiger partial charge on any atom is -0.308 e. The highest BCUT2D eigenvalue weighted by Gasteiger charge is 2.22. The van der Waals surface area contributed by atoms with Gasteiger partial charge >= 0.3 is 0 Å². The van der Waals surface area contributed by atoms with Gasteiger partial charge in [0.25, 0.3) is 0 Å². The van der Waals surface area contributed by atoms with E-state index in [1.165, 1.54) is 0 Å². The van der Waals surface area contributed by atoms with E-state index in [1.807, 2.05) is 6.92 Å². The Balaban J connectivity index is 1.81. The highest BCUT2D eigenvalue weighted by molar-refractivity contribution is 7.91. The summed E-state index contributed by atoms with van der Waals surface area (Å²) in [6.07, 6.45) is 4.88. The molecule has 0 spiro atoms. The summed E-state index contributed by atoms with van der Waals surface area (Å²) in [5.74, 6) is 0.592. The molecule has 0 radical (unpaired) electrons. The first-order valence-electron chi connectivity index (χ1n) is 5.76. The smallest absolute Gasteiger partial charge is 0.150 e. The molecule has 0 aliphatic carbocycles. The second kappa shape index (κ2) is 5.10. The van der Waals surface area contributed by atoms with Gasteiger partial charge in [0.05, 0.1) is 22.9 Å². The monoisotopic (exact) mass is 255 g/mol. The summed E-state index contributed by atoms with van der Waals surface area (Å²) in [6, 6.07) is 0.279. The van der Waals surface area contributed by atoms with Crippen molar-refractivity contribution in [1.29, 1.82) is 0 Å². The molecule has 2 heterocycles. The first-order chi connectivity index (χ1) is 8.05.